The van der Waals surface area contributed by atoms with E-state index in [2.05, 4.69) is 6.07 Å². The van der Waals surface area contributed by atoms with Crippen molar-refractivity contribution >= 4 is 21.4 Å². The first-order chi connectivity index (χ1) is 16.2. The summed E-state index contributed by atoms with van der Waals surface area (Å²) in [4.78, 5) is 0.916. The Labute approximate surface area is 195 Å². The molecule has 0 saturated heterocycles. The van der Waals surface area contributed by atoms with Gasteiger partial charge in [0.25, 0.3) is 0 Å². The van der Waals surface area contributed by atoms with Gasteiger partial charge in [-0.3, -0.25) is 0 Å². The first kappa shape index (κ1) is 21.0. The highest BCUT2D eigenvalue weighted by molar-refractivity contribution is 7.22. The van der Waals surface area contributed by atoms with Gasteiger partial charge in [0.05, 0.1) is 12.0 Å². The quantitative estimate of drug-likeness (QED) is 0.248. The van der Waals surface area contributed by atoms with E-state index in [1.54, 1.807) is 23.5 Å². The SMILES string of the molecule is COc1cc(-c2sc3ccccc3c2Oc2ccc(OCc3ccccc3)cc2)ccc1F. The van der Waals surface area contributed by atoms with Crippen molar-refractivity contribution < 1.29 is 18.6 Å². The minimum Gasteiger partial charge on any atom is -0.494 e. The van der Waals surface area contributed by atoms with Gasteiger partial charge in [0.2, 0.25) is 0 Å². The van der Waals surface area contributed by atoms with E-state index in [0.29, 0.717) is 12.4 Å². The minimum absolute atomic E-state index is 0.204. The lowest BCUT2D eigenvalue weighted by molar-refractivity contribution is 0.306. The number of fused-ring (bicyclic) bond motifs is 1. The molecule has 0 fully saturated rings. The number of rotatable bonds is 7. The van der Waals surface area contributed by atoms with E-state index in [9.17, 15) is 4.39 Å². The molecule has 0 saturated carbocycles. The Morgan fingerprint density at radius 3 is 2.30 bits per heavy atom. The summed E-state index contributed by atoms with van der Waals surface area (Å²) in [6.07, 6.45) is 0. The van der Waals surface area contributed by atoms with Gasteiger partial charge >= 0.3 is 0 Å². The number of thiophene rings is 1. The van der Waals surface area contributed by atoms with Crippen LogP contribution < -0.4 is 14.2 Å². The second-order valence-corrected chi connectivity index (χ2v) is 8.51. The average Bonchev–Trinajstić information content (AvgIpc) is 3.23. The molecule has 0 aliphatic rings. The van der Waals surface area contributed by atoms with E-state index in [4.69, 9.17) is 14.2 Å². The maximum absolute atomic E-state index is 14.0. The predicted molar refractivity (Wildman–Crippen MR) is 131 cm³/mol. The van der Waals surface area contributed by atoms with E-state index in [-0.39, 0.29) is 5.75 Å². The Balaban J connectivity index is 1.43. The smallest absolute Gasteiger partial charge is 0.165 e. The minimum atomic E-state index is -0.393. The van der Waals surface area contributed by atoms with Crippen LogP contribution in [0.1, 0.15) is 5.56 Å². The van der Waals surface area contributed by atoms with Crippen molar-refractivity contribution in [2.45, 2.75) is 6.61 Å². The molecule has 1 heterocycles. The average molecular weight is 457 g/mol. The summed E-state index contributed by atoms with van der Waals surface area (Å²) in [5, 5.41) is 1.00. The molecule has 0 radical (unpaired) electrons. The normalized spacial score (nSPS) is 10.8. The van der Waals surface area contributed by atoms with Crippen molar-refractivity contribution in [3.63, 3.8) is 0 Å². The van der Waals surface area contributed by atoms with Crippen LogP contribution in [-0.4, -0.2) is 7.11 Å². The summed E-state index contributed by atoms with van der Waals surface area (Å²) in [6, 6.07) is 30.5. The van der Waals surface area contributed by atoms with Crippen LogP contribution in [0.25, 0.3) is 20.5 Å². The summed E-state index contributed by atoms with van der Waals surface area (Å²) in [5.74, 6) is 2.01. The fraction of sp³-hybridized carbons (Fsp3) is 0.0714. The van der Waals surface area contributed by atoms with Crippen molar-refractivity contribution in [3.8, 4) is 33.4 Å². The molecule has 33 heavy (non-hydrogen) atoms. The van der Waals surface area contributed by atoms with Crippen LogP contribution in [0.3, 0.4) is 0 Å². The third-order valence-corrected chi connectivity index (χ3v) is 6.46. The molecule has 164 valence electrons. The standard InChI is InChI=1S/C28H21FO3S/c1-30-25-17-20(11-16-24(25)29)28-27(23-9-5-6-10-26(23)33-28)32-22-14-12-21(13-15-22)31-18-19-7-3-2-4-8-19/h2-17H,18H2,1H3. The zero-order valence-electron chi connectivity index (χ0n) is 18.0. The number of methoxy groups -OCH3 is 1. The fourth-order valence-electron chi connectivity index (χ4n) is 3.58. The molecular formula is C28H21FO3S. The zero-order valence-corrected chi connectivity index (χ0v) is 18.8. The number of hydrogen-bond acceptors (Lipinski definition) is 4. The number of benzene rings is 4. The van der Waals surface area contributed by atoms with Crippen molar-refractivity contribution in [2.75, 3.05) is 7.11 Å². The molecule has 0 atom stereocenters. The van der Waals surface area contributed by atoms with Crippen LogP contribution in [0.4, 0.5) is 4.39 Å². The number of ether oxygens (including phenoxy) is 3. The zero-order chi connectivity index (χ0) is 22.6. The number of hydrogen-bond donors (Lipinski definition) is 0. The van der Waals surface area contributed by atoms with Crippen LogP contribution >= 0.6 is 11.3 Å². The molecule has 0 bridgehead atoms. The summed E-state index contributed by atoms with van der Waals surface area (Å²) in [5.41, 5.74) is 1.95. The summed E-state index contributed by atoms with van der Waals surface area (Å²) < 4.78 is 32.5. The van der Waals surface area contributed by atoms with Crippen molar-refractivity contribution in [1.82, 2.24) is 0 Å². The third-order valence-electron chi connectivity index (χ3n) is 5.26. The lowest BCUT2D eigenvalue weighted by atomic mass is 10.1. The van der Waals surface area contributed by atoms with Crippen molar-refractivity contribution in [1.29, 1.82) is 0 Å². The van der Waals surface area contributed by atoms with Gasteiger partial charge in [-0.15, -0.1) is 11.3 Å². The molecule has 5 rings (SSSR count). The highest BCUT2D eigenvalue weighted by atomic mass is 32.1. The monoisotopic (exact) mass is 456 g/mol. The number of halogens is 1. The highest BCUT2D eigenvalue weighted by Gasteiger charge is 2.17. The van der Waals surface area contributed by atoms with Crippen LogP contribution in [0.5, 0.6) is 23.0 Å². The second kappa shape index (κ2) is 9.35. The first-order valence-corrected chi connectivity index (χ1v) is 11.3. The second-order valence-electron chi connectivity index (χ2n) is 7.45. The molecule has 4 aromatic carbocycles. The van der Waals surface area contributed by atoms with Crippen LogP contribution in [0, 0.1) is 5.82 Å². The van der Waals surface area contributed by atoms with Gasteiger partial charge in [-0.25, -0.2) is 4.39 Å². The molecule has 0 aliphatic heterocycles. The van der Waals surface area contributed by atoms with E-state index in [0.717, 1.165) is 37.6 Å². The lowest BCUT2D eigenvalue weighted by Crippen LogP contribution is -1.94. The van der Waals surface area contributed by atoms with Crippen LogP contribution in [0.15, 0.2) is 97.1 Å². The Morgan fingerprint density at radius 1 is 0.788 bits per heavy atom. The highest BCUT2D eigenvalue weighted by Crippen LogP contribution is 2.47. The topological polar surface area (TPSA) is 27.7 Å². The largest absolute Gasteiger partial charge is 0.494 e. The molecule has 0 unspecified atom stereocenters. The summed E-state index contributed by atoms with van der Waals surface area (Å²) >= 11 is 1.60. The van der Waals surface area contributed by atoms with Gasteiger partial charge in [-0.1, -0.05) is 48.5 Å². The Kier molecular flexibility index (Phi) is 5.96. The first-order valence-electron chi connectivity index (χ1n) is 10.5. The van der Waals surface area contributed by atoms with Gasteiger partial charge < -0.3 is 14.2 Å². The molecular weight excluding hydrogens is 435 g/mol. The third kappa shape index (κ3) is 4.54. The molecule has 5 aromatic rings. The Hall–Kier alpha value is -3.83. The van der Waals surface area contributed by atoms with Gasteiger partial charge in [-0.2, -0.15) is 0 Å². The van der Waals surface area contributed by atoms with E-state index < -0.39 is 5.82 Å². The van der Waals surface area contributed by atoms with Gasteiger partial charge in [0.1, 0.15) is 18.1 Å². The van der Waals surface area contributed by atoms with Gasteiger partial charge in [-0.05, 0) is 59.7 Å². The molecule has 3 nitrogen and oxygen atoms in total. The van der Waals surface area contributed by atoms with E-state index in [1.807, 2.05) is 72.8 Å². The van der Waals surface area contributed by atoms with E-state index in [1.165, 1.54) is 13.2 Å². The summed E-state index contributed by atoms with van der Waals surface area (Å²) in [6.45, 7) is 0.507. The van der Waals surface area contributed by atoms with Gasteiger partial charge in [0.15, 0.2) is 17.3 Å². The lowest BCUT2D eigenvalue weighted by Gasteiger charge is -2.11. The maximum atomic E-state index is 14.0. The Morgan fingerprint density at radius 2 is 1.52 bits per heavy atom. The van der Waals surface area contributed by atoms with Crippen LogP contribution in [-0.2, 0) is 6.61 Å². The maximum Gasteiger partial charge on any atom is 0.165 e. The van der Waals surface area contributed by atoms with Crippen LogP contribution in [0.2, 0.25) is 0 Å². The predicted octanol–water partition coefficient (Wildman–Crippen LogP) is 8.09. The fourth-order valence-corrected chi connectivity index (χ4v) is 4.70. The summed E-state index contributed by atoms with van der Waals surface area (Å²) in [7, 11) is 1.46. The molecule has 5 heteroatoms. The van der Waals surface area contributed by atoms with Crippen molar-refractivity contribution in [2.24, 2.45) is 0 Å². The molecule has 0 amide bonds. The molecule has 0 N–H and O–H groups in total. The Bertz CT molecular complexity index is 1380. The molecule has 0 spiro atoms. The molecule has 0 aliphatic carbocycles. The van der Waals surface area contributed by atoms with Gasteiger partial charge in [0, 0.05) is 10.1 Å². The van der Waals surface area contributed by atoms with E-state index >= 15 is 0 Å². The molecule has 1 aromatic heterocycles. The van der Waals surface area contributed by atoms with Crippen molar-refractivity contribution in [3.05, 3.63) is 108 Å².